The molecule has 0 fully saturated rings. The minimum absolute atomic E-state index is 0.373. The van der Waals surface area contributed by atoms with E-state index in [9.17, 15) is 9.59 Å². The van der Waals surface area contributed by atoms with E-state index in [1.807, 2.05) is 36.4 Å². The van der Waals surface area contributed by atoms with Gasteiger partial charge in [0.05, 0.1) is 7.11 Å². The monoisotopic (exact) mass is 364 g/mol. The van der Waals surface area contributed by atoms with Gasteiger partial charge in [-0.1, -0.05) is 36.4 Å². The van der Waals surface area contributed by atoms with Crippen LogP contribution in [-0.4, -0.2) is 25.0 Å². The second kappa shape index (κ2) is 8.23. The van der Waals surface area contributed by atoms with Gasteiger partial charge in [-0.05, 0) is 48.0 Å². The molecule has 0 saturated heterocycles. The van der Waals surface area contributed by atoms with Crippen molar-refractivity contribution in [2.75, 3.05) is 7.11 Å². The summed E-state index contributed by atoms with van der Waals surface area (Å²) < 4.78 is 10.8. The maximum absolute atomic E-state index is 12.2. The first-order valence-corrected chi connectivity index (χ1v) is 8.46. The van der Waals surface area contributed by atoms with Crippen LogP contribution in [0, 0.1) is 0 Å². The number of amides is 2. The maximum Gasteiger partial charge on any atom is 0.279 e. The average molecular weight is 364 g/mol. The third-order valence-corrected chi connectivity index (χ3v) is 4.03. The molecule has 0 aromatic heterocycles. The lowest BCUT2D eigenvalue weighted by Crippen LogP contribution is -2.47. The molecule has 2 N–H and O–H groups in total. The predicted molar refractivity (Wildman–Crippen MR) is 103 cm³/mol. The Balaban J connectivity index is 1.57. The van der Waals surface area contributed by atoms with Gasteiger partial charge in [0.15, 0.2) is 6.10 Å². The fourth-order valence-electron chi connectivity index (χ4n) is 2.55. The molecule has 6 heteroatoms. The number of hydrazine groups is 1. The van der Waals surface area contributed by atoms with Crippen molar-refractivity contribution in [1.82, 2.24) is 10.9 Å². The van der Waals surface area contributed by atoms with Crippen molar-refractivity contribution in [2.24, 2.45) is 0 Å². The lowest BCUT2D eigenvalue weighted by molar-refractivity contribution is -0.128. The molecule has 1 atom stereocenters. The van der Waals surface area contributed by atoms with Crippen molar-refractivity contribution in [3.8, 4) is 11.5 Å². The third kappa shape index (κ3) is 4.55. The van der Waals surface area contributed by atoms with E-state index in [0.29, 0.717) is 17.1 Å². The molecule has 0 aliphatic rings. The molecule has 0 heterocycles. The van der Waals surface area contributed by atoms with E-state index in [2.05, 4.69) is 10.9 Å². The molecule has 0 spiro atoms. The molecule has 6 nitrogen and oxygen atoms in total. The van der Waals surface area contributed by atoms with Gasteiger partial charge in [-0.15, -0.1) is 0 Å². The number of hydrogen-bond acceptors (Lipinski definition) is 4. The zero-order chi connectivity index (χ0) is 19.2. The van der Waals surface area contributed by atoms with Gasteiger partial charge in [-0.2, -0.15) is 0 Å². The molecule has 0 bridgehead atoms. The number of methoxy groups -OCH3 is 1. The molecule has 3 aromatic carbocycles. The molecule has 3 aromatic rings. The van der Waals surface area contributed by atoms with Crippen molar-refractivity contribution in [2.45, 2.75) is 13.0 Å². The molecule has 0 aliphatic heterocycles. The van der Waals surface area contributed by atoms with Crippen LogP contribution in [0.4, 0.5) is 0 Å². The van der Waals surface area contributed by atoms with Gasteiger partial charge in [-0.25, -0.2) is 0 Å². The van der Waals surface area contributed by atoms with E-state index in [0.717, 1.165) is 10.8 Å². The van der Waals surface area contributed by atoms with E-state index >= 15 is 0 Å². The van der Waals surface area contributed by atoms with Crippen molar-refractivity contribution in [1.29, 1.82) is 0 Å². The second-order valence-corrected chi connectivity index (χ2v) is 5.94. The summed E-state index contributed by atoms with van der Waals surface area (Å²) in [7, 11) is 1.52. The molecular formula is C21H20N2O4. The van der Waals surface area contributed by atoms with E-state index in [1.165, 1.54) is 7.11 Å². The van der Waals surface area contributed by atoms with E-state index in [4.69, 9.17) is 9.47 Å². The molecule has 0 aliphatic carbocycles. The fourth-order valence-corrected chi connectivity index (χ4v) is 2.55. The Morgan fingerprint density at radius 3 is 2.41 bits per heavy atom. The van der Waals surface area contributed by atoms with Crippen LogP contribution < -0.4 is 20.3 Å². The Labute approximate surface area is 157 Å². The zero-order valence-electron chi connectivity index (χ0n) is 15.1. The summed E-state index contributed by atoms with van der Waals surface area (Å²) >= 11 is 0. The van der Waals surface area contributed by atoms with Gasteiger partial charge >= 0.3 is 0 Å². The first kappa shape index (κ1) is 18.3. The van der Waals surface area contributed by atoms with Crippen molar-refractivity contribution in [3.05, 3.63) is 72.3 Å². The summed E-state index contributed by atoms with van der Waals surface area (Å²) in [5.41, 5.74) is 5.12. The van der Waals surface area contributed by atoms with Gasteiger partial charge < -0.3 is 9.47 Å². The van der Waals surface area contributed by atoms with Crippen LogP contribution in [0.1, 0.15) is 17.3 Å². The molecule has 0 radical (unpaired) electrons. The number of hydrogen-bond donors (Lipinski definition) is 2. The van der Waals surface area contributed by atoms with Crippen LogP contribution in [0.25, 0.3) is 10.8 Å². The number of nitrogens with one attached hydrogen (secondary N) is 2. The first-order chi connectivity index (χ1) is 13.1. The van der Waals surface area contributed by atoms with Crippen LogP contribution in [-0.2, 0) is 4.79 Å². The number of carbonyl (C=O) groups is 2. The van der Waals surface area contributed by atoms with E-state index in [-0.39, 0.29) is 0 Å². The molecule has 1 unspecified atom stereocenters. The predicted octanol–water partition coefficient (Wildman–Crippen LogP) is 3.08. The molecular weight excluding hydrogens is 344 g/mol. The smallest absolute Gasteiger partial charge is 0.279 e. The number of carbonyl (C=O) groups excluding carboxylic acids is 2. The summed E-state index contributed by atoms with van der Waals surface area (Å²) in [6, 6.07) is 20.1. The summed E-state index contributed by atoms with van der Waals surface area (Å²) in [6.07, 6.45) is -0.781. The van der Waals surface area contributed by atoms with Crippen LogP contribution in [0.15, 0.2) is 66.7 Å². The van der Waals surface area contributed by atoms with Gasteiger partial charge in [0, 0.05) is 5.56 Å². The minimum atomic E-state index is -0.781. The van der Waals surface area contributed by atoms with Crippen molar-refractivity contribution in [3.63, 3.8) is 0 Å². The van der Waals surface area contributed by atoms with Crippen LogP contribution >= 0.6 is 0 Å². The molecule has 138 valence electrons. The standard InChI is InChI=1S/C21H20N2O4/c1-14(27-19-11-10-15-6-3-4-7-16(15)12-19)20(24)22-23-21(25)17-8-5-9-18(13-17)26-2/h3-14H,1-2H3,(H,22,24)(H,23,25). The van der Waals surface area contributed by atoms with Crippen LogP contribution in [0.2, 0.25) is 0 Å². The van der Waals surface area contributed by atoms with Gasteiger partial charge in [0.25, 0.3) is 11.8 Å². The topological polar surface area (TPSA) is 76.7 Å². The summed E-state index contributed by atoms with van der Waals surface area (Å²) in [5.74, 6) is 0.233. The Morgan fingerprint density at radius 2 is 1.63 bits per heavy atom. The maximum atomic E-state index is 12.2. The van der Waals surface area contributed by atoms with Gasteiger partial charge in [-0.3, -0.25) is 20.4 Å². The SMILES string of the molecule is COc1cccc(C(=O)NNC(=O)C(C)Oc2ccc3ccccc3c2)c1. The van der Waals surface area contributed by atoms with Crippen molar-refractivity contribution >= 4 is 22.6 Å². The molecule has 2 amide bonds. The highest BCUT2D eigenvalue weighted by atomic mass is 16.5. The second-order valence-electron chi connectivity index (χ2n) is 5.94. The number of fused-ring (bicyclic) bond motifs is 1. The quantitative estimate of drug-likeness (QED) is 0.682. The van der Waals surface area contributed by atoms with Crippen molar-refractivity contribution < 1.29 is 19.1 Å². The highest BCUT2D eigenvalue weighted by molar-refractivity contribution is 5.96. The van der Waals surface area contributed by atoms with Gasteiger partial charge in [0.1, 0.15) is 11.5 Å². The lowest BCUT2D eigenvalue weighted by atomic mass is 10.1. The summed E-state index contributed by atoms with van der Waals surface area (Å²) in [6.45, 7) is 1.61. The van der Waals surface area contributed by atoms with Crippen LogP contribution in [0.5, 0.6) is 11.5 Å². The largest absolute Gasteiger partial charge is 0.497 e. The third-order valence-electron chi connectivity index (χ3n) is 4.03. The summed E-state index contributed by atoms with van der Waals surface area (Å²) in [4.78, 5) is 24.3. The summed E-state index contributed by atoms with van der Waals surface area (Å²) in [5, 5.41) is 2.11. The van der Waals surface area contributed by atoms with E-state index < -0.39 is 17.9 Å². The Morgan fingerprint density at radius 1 is 0.852 bits per heavy atom. The first-order valence-electron chi connectivity index (χ1n) is 8.46. The molecule has 0 saturated carbocycles. The zero-order valence-corrected chi connectivity index (χ0v) is 15.1. The minimum Gasteiger partial charge on any atom is -0.497 e. The highest BCUT2D eigenvalue weighted by Crippen LogP contribution is 2.21. The Hall–Kier alpha value is -3.54. The lowest BCUT2D eigenvalue weighted by Gasteiger charge is -2.15. The average Bonchev–Trinajstić information content (AvgIpc) is 2.71. The number of rotatable bonds is 5. The Bertz CT molecular complexity index is 971. The van der Waals surface area contributed by atoms with Gasteiger partial charge in [0.2, 0.25) is 0 Å². The van der Waals surface area contributed by atoms with E-state index in [1.54, 1.807) is 37.3 Å². The number of ether oxygens (including phenoxy) is 2. The Kier molecular flexibility index (Phi) is 5.56. The fraction of sp³-hybridized carbons (Fsp3) is 0.143. The number of benzene rings is 3. The van der Waals surface area contributed by atoms with Crippen LogP contribution in [0.3, 0.4) is 0 Å². The molecule has 3 rings (SSSR count). The molecule has 27 heavy (non-hydrogen) atoms. The normalized spacial score (nSPS) is 11.5. The highest BCUT2D eigenvalue weighted by Gasteiger charge is 2.16.